The molecule has 13 heteroatoms. The largest absolute Gasteiger partial charge is 0.494 e. The van der Waals surface area contributed by atoms with Crippen LogP contribution in [0, 0.1) is 11.3 Å². The third-order valence-electron chi connectivity index (χ3n) is 6.54. The van der Waals surface area contributed by atoms with Crippen LogP contribution in [-0.4, -0.2) is 81.0 Å². The zero-order chi connectivity index (χ0) is 27.9. The van der Waals surface area contributed by atoms with E-state index in [1.165, 1.54) is 6.33 Å². The predicted octanol–water partition coefficient (Wildman–Crippen LogP) is 3.65. The number of aromatic nitrogens is 6. The van der Waals surface area contributed by atoms with Gasteiger partial charge < -0.3 is 19.7 Å². The van der Waals surface area contributed by atoms with E-state index in [9.17, 15) is 0 Å². The molecular weight excluding hydrogens is 532 g/mol. The molecule has 4 aromatic rings. The molecule has 0 saturated carbocycles. The lowest BCUT2D eigenvalue weighted by atomic mass is 10.1. The predicted molar refractivity (Wildman–Crippen MR) is 151 cm³/mol. The maximum atomic E-state index is 8.93. The minimum Gasteiger partial charge on any atom is -0.494 e. The number of piperazine rings is 1. The first-order chi connectivity index (χ1) is 19.5. The van der Waals surface area contributed by atoms with Crippen molar-refractivity contribution in [3.05, 3.63) is 60.1 Å². The Balaban J connectivity index is 1.24. The average molecular weight is 561 g/mol. The van der Waals surface area contributed by atoms with Crippen molar-refractivity contribution in [3.8, 4) is 28.7 Å². The molecule has 0 bridgehead atoms. The number of rotatable bonds is 10. The number of hydrogen-bond acceptors (Lipinski definition) is 11. The first-order valence-electron chi connectivity index (χ1n) is 12.8. The van der Waals surface area contributed by atoms with Crippen molar-refractivity contribution in [1.82, 2.24) is 35.1 Å². The van der Waals surface area contributed by atoms with Gasteiger partial charge in [-0.05, 0) is 47.2 Å². The van der Waals surface area contributed by atoms with Crippen LogP contribution in [0.4, 0.5) is 17.3 Å². The molecule has 1 N–H and O–H groups in total. The summed E-state index contributed by atoms with van der Waals surface area (Å²) in [6, 6.07) is 13.8. The van der Waals surface area contributed by atoms with Gasteiger partial charge >= 0.3 is 0 Å². The zero-order valence-corrected chi connectivity index (χ0v) is 23.0. The summed E-state index contributed by atoms with van der Waals surface area (Å²) >= 11 is 6.39. The fraction of sp³-hybridized carbons (Fsp3) is 0.333. The van der Waals surface area contributed by atoms with Gasteiger partial charge in [-0.3, -0.25) is 4.90 Å². The minimum absolute atomic E-state index is 0.200. The summed E-state index contributed by atoms with van der Waals surface area (Å²) in [5.41, 5.74) is 3.53. The molecule has 1 aliphatic heterocycles. The van der Waals surface area contributed by atoms with E-state index in [2.05, 4.69) is 52.7 Å². The molecule has 3 heterocycles. The van der Waals surface area contributed by atoms with Crippen LogP contribution in [0.2, 0.25) is 5.02 Å². The molecule has 1 aliphatic rings. The van der Waals surface area contributed by atoms with Crippen molar-refractivity contribution in [3.63, 3.8) is 0 Å². The number of methoxy groups -OCH3 is 1. The fourth-order valence-corrected chi connectivity index (χ4v) is 4.62. The minimum atomic E-state index is -0.200. The molecule has 0 aliphatic carbocycles. The van der Waals surface area contributed by atoms with E-state index < -0.39 is 0 Å². The third kappa shape index (κ3) is 6.56. The summed E-state index contributed by atoms with van der Waals surface area (Å²) in [7, 11) is 1.64. The molecule has 206 valence electrons. The third-order valence-corrected chi connectivity index (χ3v) is 6.86. The summed E-state index contributed by atoms with van der Waals surface area (Å²) in [6.07, 6.45) is 4.83. The number of halogens is 1. The van der Waals surface area contributed by atoms with E-state index in [0.29, 0.717) is 35.6 Å². The van der Waals surface area contributed by atoms with Gasteiger partial charge in [0.2, 0.25) is 5.95 Å². The highest BCUT2D eigenvalue weighted by atomic mass is 35.5. The van der Waals surface area contributed by atoms with Crippen LogP contribution in [0.1, 0.15) is 6.92 Å². The van der Waals surface area contributed by atoms with Gasteiger partial charge in [0.1, 0.15) is 23.9 Å². The summed E-state index contributed by atoms with van der Waals surface area (Å²) < 4.78 is 13.3. The molecule has 2 aromatic carbocycles. The average Bonchev–Trinajstić information content (AvgIpc) is 3.48. The van der Waals surface area contributed by atoms with Gasteiger partial charge in [0.15, 0.2) is 0 Å². The van der Waals surface area contributed by atoms with Gasteiger partial charge in [-0.15, -0.1) is 5.10 Å². The molecule has 2 aromatic heterocycles. The monoisotopic (exact) mass is 560 g/mol. The van der Waals surface area contributed by atoms with E-state index in [1.54, 1.807) is 30.3 Å². The Labute approximate surface area is 237 Å². The highest BCUT2D eigenvalue weighted by Gasteiger charge is 2.18. The van der Waals surface area contributed by atoms with Crippen LogP contribution >= 0.6 is 11.6 Å². The smallest absolute Gasteiger partial charge is 0.227 e. The Hall–Kier alpha value is -4.47. The van der Waals surface area contributed by atoms with Crippen LogP contribution < -0.4 is 19.7 Å². The SMILES string of the molecule is COc1cc(N2CCN(CC#N)CC2)ccc1Nc1ncc(-c2ccc(Cl)c(O[C@@H](C)Cn3cnnn3)c2)cn1. The van der Waals surface area contributed by atoms with E-state index in [1.807, 2.05) is 31.2 Å². The number of tetrazole rings is 1. The Bertz CT molecular complexity index is 1450. The number of hydrogen-bond donors (Lipinski definition) is 1. The maximum Gasteiger partial charge on any atom is 0.227 e. The number of nitrogens with zero attached hydrogens (tertiary/aromatic N) is 9. The van der Waals surface area contributed by atoms with Gasteiger partial charge in [-0.2, -0.15) is 5.26 Å². The van der Waals surface area contributed by atoms with Gasteiger partial charge in [0, 0.05) is 55.9 Å². The standard InChI is InChI=1S/C27H29ClN10O2/c1-19(17-38-18-32-34-35-38)40-25-13-20(3-5-23(25)28)21-15-30-27(31-16-21)33-24-6-4-22(14-26(24)39-2)37-11-9-36(8-7-29)10-12-37/h3-6,13-16,18-19H,8-12,17H2,1-2H3,(H,30,31,33)/t19-/m0/s1. The van der Waals surface area contributed by atoms with Crippen LogP contribution in [0.3, 0.4) is 0 Å². The molecule has 40 heavy (non-hydrogen) atoms. The highest BCUT2D eigenvalue weighted by molar-refractivity contribution is 6.32. The maximum absolute atomic E-state index is 8.93. The summed E-state index contributed by atoms with van der Waals surface area (Å²) in [5, 5.41) is 23.8. The molecule has 0 amide bonds. The van der Waals surface area contributed by atoms with Crippen LogP contribution in [0.25, 0.3) is 11.1 Å². The second kappa shape index (κ2) is 12.6. The fourth-order valence-electron chi connectivity index (χ4n) is 4.46. The quantitative estimate of drug-likeness (QED) is 0.285. The van der Waals surface area contributed by atoms with E-state index in [-0.39, 0.29) is 6.10 Å². The topological polar surface area (TPSA) is 130 Å². The van der Waals surface area contributed by atoms with E-state index in [4.69, 9.17) is 26.3 Å². The zero-order valence-electron chi connectivity index (χ0n) is 22.2. The number of nitriles is 1. The van der Waals surface area contributed by atoms with Crippen LogP contribution in [0.15, 0.2) is 55.1 Å². The van der Waals surface area contributed by atoms with Crippen molar-refractivity contribution in [1.29, 1.82) is 5.26 Å². The number of ether oxygens (including phenoxy) is 2. The van der Waals surface area contributed by atoms with Crippen molar-refractivity contribution in [2.45, 2.75) is 19.6 Å². The van der Waals surface area contributed by atoms with Gasteiger partial charge in [-0.25, -0.2) is 14.6 Å². The molecule has 12 nitrogen and oxygen atoms in total. The lowest BCUT2D eigenvalue weighted by Crippen LogP contribution is -2.46. The first kappa shape index (κ1) is 27.1. The Morgan fingerprint density at radius 3 is 2.55 bits per heavy atom. The first-order valence-corrected chi connectivity index (χ1v) is 13.2. The Morgan fingerprint density at radius 1 is 1.05 bits per heavy atom. The molecular formula is C27H29ClN10O2. The number of nitrogens with one attached hydrogen (secondary N) is 1. The molecule has 0 spiro atoms. The van der Waals surface area contributed by atoms with Crippen molar-refractivity contribution < 1.29 is 9.47 Å². The van der Waals surface area contributed by atoms with Crippen LogP contribution in [-0.2, 0) is 6.54 Å². The van der Waals surface area contributed by atoms with Crippen molar-refractivity contribution in [2.24, 2.45) is 0 Å². The lowest BCUT2D eigenvalue weighted by Gasteiger charge is -2.35. The van der Waals surface area contributed by atoms with Crippen LogP contribution in [0.5, 0.6) is 11.5 Å². The summed E-state index contributed by atoms with van der Waals surface area (Å²) in [6.45, 7) is 6.31. The van der Waals surface area contributed by atoms with Gasteiger partial charge in [0.05, 0.1) is 37.0 Å². The van der Waals surface area contributed by atoms with Gasteiger partial charge in [0.25, 0.3) is 0 Å². The van der Waals surface area contributed by atoms with Crippen molar-refractivity contribution in [2.75, 3.05) is 50.1 Å². The second-order valence-corrected chi connectivity index (χ2v) is 9.74. The number of anilines is 3. The molecule has 5 rings (SSSR count). The summed E-state index contributed by atoms with van der Waals surface area (Å²) in [4.78, 5) is 13.5. The lowest BCUT2D eigenvalue weighted by molar-refractivity contribution is 0.193. The Kier molecular flexibility index (Phi) is 8.53. The van der Waals surface area contributed by atoms with E-state index in [0.717, 1.165) is 48.7 Å². The van der Waals surface area contributed by atoms with E-state index >= 15 is 0 Å². The molecule has 1 atom stereocenters. The molecule has 1 saturated heterocycles. The van der Waals surface area contributed by atoms with Gasteiger partial charge in [-0.1, -0.05) is 17.7 Å². The Morgan fingerprint density at radius 2 is 1.85 bits per heavy atom. The normalized spacial score (nSPS) is 14.4. The molecule has 0 unspecified atom stereocenters. The molecule has 1 fully saturated rings. The highest BCUT2D eigenvalue weighted by Crippen LogP contribution is 2.33. The summed E-state index contributed by atoms with van der Waals surface area (Å²) in [5.74, 6) is 1.69. The second-order valence-electron chi connectivity index (χ2n) is 9.33. The number of benzene rings is 2. The molecule has 0 radical (unpaired) electrons. The van der Waals surface area contributed by atoms with Crippen molar-refractivity contribution >= 4 is 28.9 Å².